The summed E-state index contributed by atoms with van der Waals surface area (Å²) in [6.45, 7) is 2.20. The molecule has 1 aromatic heterocycles. The molecule has 0 saturated carbocycles. The van der Waals surface area contributed by atoms with E-state index in [2.05, 4.69) is 11.4 Å². The largest absolute Gasteiger partial charge is 0.469 e. The number of aliphatic hydroxyl groups is 1. The van der Waals surface area contributed by atoms with E-state index in [1.165, 1.54) is 18.4 Å². The Bertz CT molecular complexity index is 324. The van der Waals surface area contributed by atoms with Crippen molar-refractivity contribution < 1.29 is 14.3 Å². The molecule has 0 spiro atoms. The predicted molar refractivity (Wildman–Crippen MR) is 64.9 cm³/mol. The quantitative estimate of drug-likeness (QED) is 0.710. The fraction of sp³-hybridized carbons (Fsp3) is 0.692. The van der Waals surface area contributed by atoms with Crippen LogP contribution in [-0.2, 0) is 11.2 Å². The average molecular weight is 239 g/mol. The predicted octanol–water partition coefficient (Wildman–Crippen LogP) is 1.65. The van der Waals surface area contributed by atoms with Crippen molar-refractivity contribution in [3.63, 3.8) is 0 Å². The Labute approximate surface area is 102 Å². The topological polar surface area (TPSA) is 54.6 Å². The smallest absolute Gasteiger partial charge is 0.108 e. The average Bonchev–Trinajstić information content (AvgIpc) is 2.82. The lowest BCUT2D eigenvalue weighted by Gasteiger charge is -2.22. The molecule has 2 rings (SSSR count). The maximum atomic E-state index is 8.56. The number of aryl methyl sites for hydroxylation is 1. The number of aliphatic hydroxyl groups excluding tert-OH is 1. The molecular formula is C13H21NO3. The minimum atomic E-state index is 0.106. The normalized spacial score (nSPS) is 19.2. The number of rotatable bonds is 7. The van der Waals surface area contributed by atoms with Crippen LogP contribution in [0, 0.1) is 0 Å². The first-order valence-corrected chi connectivity index (χ1v) is 6.40. The lowest BCUT2D eigenvalue weighted by molar-refractivity contribution is 0.0903. The molecule has 1 unspecified atom stereocenters. The van der Waals surface area contributed by atoms with Gasteiger partial charge >= 0.3 is 0 Å². The molecule has 17 heavy (non-hydrogen) atoms. The highest BCUT2D eigenvalue weighted by Crippen LogP contribution is 2.30. The molecule has 0 radical (unpaired) electrons. The van der Waals surface area contributed by atoms with E-state index in [0.29, 0.717) is 19.3 Å². The zero-order valence-corrected chi connectivity index (χ0v) is 10.2. The number of ether oxygens (including phenoxy) is 1. The summed E-state index contributed by atoms with van der Waals surface area (Å²) in [5, 5.41) is 12.1. The molecule has 0 fully saturated rings. The molecule has 4 nitrogen and oxygen atoms in total. The maximum Gasteiger partial charge on any atom is 0.108 e. The SMILES string of the molecule is OCCOCCCNC1CCCc2occc21. The van der Waals surface area contributed by atoms with E-state index in [0.717, 1.165) is 25.1 Å². The molecule has 96 valence electrons. The van der Waals surface area contributed by atoms with Gasteiger partial charge in [0.2, 0.25) is 0 Å². The fourth-order valence-corrected chi connectivity index (χ4v) is 2.32. The second kappa shape index (κ2) is 6.79. The summed E-state index contributed by atoms with van der Waals surface area (Å²) in [6.07, 6.45) is 6.21. The van der Waals surface area contributed by atoms with Crippen LogP contribution in [0.15, 0.2) is 16.7 Å². The van der Waals surface area contributed by atoms with Gasteiger partial charge in [-0.2, -0.15) is 0 Å². The van der Waals surface area contributed by atoms with Crippen LogP contribution in [0.2, 0.25) is 0 Å². The van der Waals surface area contributed by atoms with Crippen LogP contribution >= 0.6 is 0 Å². The summed E-state index contributed by atoms with van der Waals surface area (Å²) in [5.74, 6) is 1.14. The van der Waals surface area contributed by atoms with E-state index >= 15 is 0 Å². The molecule has 1 atom stereocenters. The van der Waals surface area contributed by atoms with Gasteiger partial charge in [-0.15, -0.1) is 0 Å². The molecule has 1 heterocycles. The van der Waals surface area contributed by atoms with E-state index in [4.69, 9.17) is 14.3 Å². The molecule has 0 bridgehead atoms. The van der Waals surface area contributed by atoms with Crippen molar-refractivity contribution in [2.45, 2.75) is 31.7 Å². The Hall–Kier alpha value is -0.840. The zero-order valence-electron chi connectivity index (χ0n) is 10.2. The summed E-state index contributed by atoms with van der Waals surface area (Å²) in [5.41, 5.74) is 1.33. The monoisotopic (exact) mass is 239 g/mol. The Morgan fingerprint density at radius 1 is 1.47 bits per heavy atom. The van der Waals surface area contributed by atoms with Crippen LogP contribution in [0.4, 0.5) is 0 Å². The van der Waals surface area contributed by atoms with Crippen molar-refractivity contribution in [1.82, 2.24) is 5.32 Å². The van der Waals surface area contributed by atoms with Crippen LogP contribution in [0.5, 0.6) is 0 Å². The lowest BCUT2D eigenvalue weighted by atomic mass is 9.93. The van der Waals surface area contributed by atoms with Crippen LogP contribution in [0.1, 0.15) is 36.6 Å². The van der Waals surface area contributed by atoms with Crippen LogP contribution in [0.25, 0.3) is 0 Å². The number of fused-ring (bicyclic) bond motifs is 1. The zero-order chi connectivity index (χ0) is 11.9. The van der Waals surface area contributed by atoms with Crippen molar-refractivity contribution in [3.8, 4) is 0 Å². The van der Waals surface area contributed by atoms with Crippen molar-refractivity contribution in [2.75, 3.05) is 26.4 Å². The standard InChI is InChI=1S/C13H21NO3/c15-7-10-16-8-2-6-14-12-3-1-4-13-11(12)5-9-17-13/h5,9,12,14-15H,1-4,6-8,10H2. The summed E-state index contributed by atoms with van der Waals surface area (Å²) < 4.78 is 10.7. The van der Waals surface area contributed by atoms with Gasteiger partial charge in [0, 0.05) is 24.6 Å². The van der Waals surface area contributed by atoms with E-state index in [1.807, 2.05) is 0 Å². The first-order valence-electron chi connectivity index (χ1n) is 6.40. The van der Waals surface area contributed by atoms with E-state index < -0.39 is 0 Å². The minimum absolute atomic E-state index is 0.106. The summed E-state index contributed by atoms with van der Waals surface area (Å²) in [6, 6.07) is 2.52. The fourth-order valence-electron chi connectivity index (χ4n) is 2.32. The van der Waals surface area contributed by atoms with Crippen molar-refractivity contribution in [1.29, 1.82) is 0 Å². The van der Waals surface area contributed by atoms with Gasteiger partial charge < -0.3 is 19.6 Å². The van der Waals surface area contributed by atoms with Gasteiger partial charge in [-0.05, 0) is 31.9 Å². The molecule has 1 aliphatic rings. The molecule has 1 aliphatic carbocycles. The third kappa shape index (κ3) is 3.56. The van der Waals surface area contributed by atoms with Gasteiger partial charge in [-0.25, -0.2) is 0 Å². The lowest BCUT2D eigenvalue weighted by Crippen LogP contribution is -2.26. The van der Waals surface area contributed by atoms with Gasteiger partial charge in [-0.3, -0.25) is 0 Å². The summed E-state index contributed by atoms with van der Waals surface area (Å²) >= 11 is 0. The van der Waals surface area contributed by atoms with Crippen molar-refractivity contribution in [3.05, 3.63) is 23.7 Å². The van der Waals surface area contributed by atoms with Gasteiger partial charge in [-0.1, -0.05) is 0 Å². The number of hydrogen-bond acceptors (Lipinski definition) is 4. The molecule has 2 N–H and O–H groups in total. The van der Waals surface area contributed by atoms with Crippen LogP contribution < -0.4 is 5.32 Å². The molecule has 4 heteroatoms. The van der Waals surface area contributed by atoms with Gasteiger partial charge in [0.15, 0.2) is 0 Å². The van der Waals surface area contributed by atoms with E-state index in [9.17, 15) is 0 Å². The molecule has 0 aliphatic heterocycles. The molecule has 0 saturated heterocycles. The number of hydrogen-bond donors (Lipinski definition) is 2. The minimum Gasteiger partial charge on any atom is -0.469 e. The number of nitrogens with one attached hydrogen (secondary N) is 1. The first kappa shape index (κ1) is 12.6. The Balaban J connectivity index is 1.67. The third-order valence-corrected chi connectivity index (χ3v) is 3.14. The van der Waals surface area contributed by atoms with Crippen molar-refractivity contribution in [2.24, 2.45) is 0 Å². The molecule has 1 aromatic rings. The van der Waals surface area contributed by atoms with Crippen molar-refractivity contribution >= 4 is 0 Å². The maximum absolute atomic E-state index is 8.56. The summed E-state index contributed by atoms with van der Waals surface area (Å²) in [7, 11) is 0. The van der Waals surface area contributed by atoms with Crippen LogP contribution in [-0.4, -0.2) is 31.5 Å². The second-order valence-corrected chi connectivity index (χ2v) is 4.39. The van der Waals surface area contributed by atoms with Gasteiger partial charge in [0.05, 0.1) is 19.5 Å². The Morgan fingerprint density at radius 3 is 3.29 bits per heavy atom. The van der Waals surface area contributed by atoms with Crippen LogP contribution in [0.3, 0.4) is 0 Å². The Kier molecular flexibility index (Phi) is 5.04. The summed E-state index contributed by atoms with van der Waals surface area (Å²) in [4.78, 5) is 0. The highest BCUT2D eigenvalue weighted by atomic mass is 16.5. The van der Waals surface area contributed by atoms with E-state index in [-0.39, 0.29) is 6.61 Å². The first-order chi connectivity index (χ1) is 8.42. The molecule has 0 amide bonds. The Morgan fingerprint density at radius 2 is 2.41 bits per heavy atom. The highest BCUT2D eigenvalue weighted by molar-refractivity contribution is 5.23. The second-order valence-electron chi connectivity index (χ2n) is 4.39. The van der Waals surface area contributed by atoms with Gasteiger partial charge in [0.1, 0.15) is 5.76 Å². The highest BCUT2D eigenvalue weighted by Gasteiger charge is 2.21. The molecule has 0 aromatic carbocycles. The van der Waals surface area contributed by atoms with Gasteiger partial charge in [0.25, 0.3) is 0 Å². The van der Waals surface area contributed by atoms with E-state index in [1.54, 1.807) is 6.26 Å². The molecular weight excluding hydrogens is 218 g/mol. The number of furan rings is 1. The third-order valence-electron chi connectivity index (χ3n) is 3.14.